The number of likely N-dealkylation sites (tertiary alicyclic amines) is 1. The fourth-order valence-electron chi connectivity index (χ4n) is 3.09. The number of hydrogen-bond donors (Lipinski definition) is 0. The molecule has 1 aromatic rings. The van der Waals surface area contributed by atoms with Gasteiger partial charge in [0.1, 0.15) is 7.11 Å². The van der Waals surface area contributed by atoms with E-state index in [2.05, 4.69) is 48.2 Å². The highest BCUT2D eigenvalue weighted by Crippen LogP contribution is 2.16. The average molecular weight is 355 g/mol. The molecule has 2 rings (SSSR count). The van der Waals surface area contributed by atoms with Crippen LogP contribution in [0, 0.1) is 0 Å². The summed E-state index contributed by atoms with van der Waals surface area (Å²) in [6, 6.07) is 9.11. The lowest BCUT2D eigenvalue weighted by Crippen LogP contribution is -2.39. The summed E-state index contributed by atoms with van der Waals surface area (Å²) in [5, 5.41) is 4.06. The Morgan fingerprint density at radius 2 is 2.00 bits per heavy atom. The first-order valence-corrected chi connectivity index (χ1v) is 8.75. The van der Waals surface area contributed by atoms with Crippen molar-refractivity contribution in [2.45, 2.75) is 52.2 Å². The van der Waals surface area contributed by atoms with E-state index in [-0.39, 0.29) is 12.4 Å². The number of halogens is 1. The molecule has 1 unspecified atom stereocenters. The van der Waals surface area contributed by atoms with Crippen LogP contribution in [-0.4, -0.2) is 43.5 Å². The lowest BCUT2D eigenvalue weighted by atomic mass is 10.0. The smallest absolute Gasteiger partial charge is 0.106 e. The predicted octanol–water partition coefficient (Wildman–Crippen LogP) is 4.26. The van der Waals surface area contributed by atoms with Gasteiger partial charge in [-0.3, -0.25) is 4.90 Å². The molecule has 0 saturated carbocycles. The highest BCUT2D eigenvalue weighted by atomic mass is 35.5. The van der Waals surface area contributed by atoms with Crippen molar-refractivity contribution in [3.8, 4) is 0 Å². The summed E-state index contributed by atoms with van der Waals surface area (Å²) in [7, 11) is 1.58. The van der Waals surface area contributed by atoms with Crippen molar-refractivity contribution in [3.05, 3.63) is 35.4 Å². The van der Waals surface area contributed by atoms with Crippen molar-refractivity contribution in [1.82, 2.24) is 4.90 Å². The fourth-order valence-corrected chi connectivity index (χ4v) is 3.09. The molecule has 136 valence electrons. The van der Waals surface area contributed by atoms with E-state index in [1.807, 2.05) is 0 Å². The molecule has 0 radical (unpaired) electrons. The van der Waals surface area contributed by atoms with E-state index in [4.69, 9.17) is 9.57 Å². The third-order valence-corrected chi connectivity index (χ3v) is 4.56. The zero-order valence-electron chi connectivity index (χ0n) is 15.2. The Labute approximate surface area is 152 Å². The summed E-state index contributed by atoms with van der Waals surface area (Å²) in [4.78, 5) is 7.43. The number of piperidine rings is 1. The van der Waals surface area contributed by atoms with Crippen LogP contribution in [0.1, 0.15) is 50.7 Å². The van der Waals surface area contributed by atoms with Gasteiger partial charge in [0, 0.05) is 12.6 Å². The van der Waals surface area contributed by atoms with E-state index in [9.17, 15) is 0 Å². The second-order valence-corrected chi connectivity index (χ2v) is 6.20. The lowest BCUT2D eigenvalue weighted by molar-refractivity contribution is 0.0684. The van der Waals surface area contributed by atoms with Crippen LogP contribution in [0.25, 0.3) is 0 Å². The molecule has 0 bridgehead atoms. The first kappa shape index (κ1) is 20.9. The molecule has 0 spiro atoms. The molecule has 1 saturated heterocycles. The Balaban J connectivity index is 0.00000288. The van der Waals surface area contributed by atoms with Crippen LogP contribution in [0.3, 0.4) is 0 Å². The fraction of sp³-hybridized carbons (Fsp3) is 0.632. The van der Waals surface area contributed by atoms with Crippen LogP contribution >= 0.6 is 12.4 Å². The Morgan fingerprint density at radius 1 is 1.25 bits per heavy atom. The van der Waals surface area contributed by atoms with E-state index >= 15 is 0 Å². The summed E-state index contributed by atoms with van der Waals surface area (Å²) in [6.07, 6.45) is 4.88. The van der Waals surface area contributed by atoms with E-state index in [0.29, 0.717) is 12.6 Å². The standard InChI is InChI=1S/C19H30N2O2.ClH/c1-4-19(20-22-3)18-10-8-17(9-11-18)15-23-14-13-21-12-6-5-7-16(21)2;/h8-11,16H,4-7,12-15H2,1-3H3;1H/b20-19-;. The molecule has 0 aliphatic carbocycles. The van der Waals surface area contributed by atoms with Crippen LogP contribution < -0.4 is 0 Å². The monoisotopic (exact) mass is 354 g/mol. The average Bonchev–Trinajstić information content (AvgIpc) is 2.59. The molecule has 4 nitrogen and oxygen atoms in total. The van der Waals surface area contributed by atoms with Crippen molar-refractivity contribution in [2.24, 2.45) is 5.16 Å². The molecule has 1 aliphatic heterocycles. The van der Waals surface area contributed by atoms with Crippen LogP contribution in [0.4, 0.5) is 0 Å². The van der Waals surface area contributed by atoms with Crippen LogP contribution in [-0.2, 0) is 16.2 Å². The summed E-state index contributed by atoms with van der Waals surface area (Å²) in [5.41, 5.74) is 3.28. The van der Waals surface area contributed by atoms with Crippen LogP contribution in [0.5, 0.6) is 0 Å². The van der Waals surface area contributed by atoms with E-state index in [1.54, 1.807) is 7.11 Å². The SMILES string of the molecule is CC/C(=N/OC)c1ccc(COCCN2CCCCC2C)cc1.Cl. The van der Waals surface area contributed by atoms with Crippen molar-refractivity contribution in [3.63, 3.8) is 0 Å². The summed E-state index contributed by atoms with van der Waals surface area (Å²) < 4.78 is 5.85. The number of oxime groups is 1. The second-order valence-electron chi connectivity index (χ2n) is 6.20. The number of rotatable bonds is 8. The van der Waals surface area contributed by atoms with Gasteiger partial charge in [0.2, 0.25) is 0 Å². The van der Waals surface area contributed by atoms with Gasteiger partial charge in [0.05, 0.1) is 18.9 Å². The Morgan fingerprint density at radius 3 is 2.62 bits per heavy atom. The van der Waals surface area contributed by atoms with E-state index < -0.39 is 0 Å². The molecule has 24 heavy (non-hydrogen) atoms. The molecular weight excluding hydrogens is 324 g/mol. The van der Waals surface area contributed by atoms with Crippen molar-refractivity contribution < 1.29 is 9.57 Å². The molecule has 1 heterocycles. The van der Waals surface area contributed by atoms with E-state index in [1.165, 1.54) is 31.4 Å². The zero-order valence-corrected chi connectivity index (χ0v) is 16.0. The minimum Gasteiger partial charge on any atom is -0.399 e. The molecular formula is C19H31ClN2O2. The van der Waals surface area contributed by atoms with Gasteiger partial charge < -0.3 is 9.57 Å². The van der Waals surface area contributed by atoms with Crippen LogP contribution in [0.2, 0.25) is 0 Å². The molecule has 5 heteroatoms. The molecule has 1 aliphatic rings. The number of ether oxygens (including phenoxy) is 1. The lowest BCUT2D eigenvalue weighted by Gasteiger charge is -2.33. The maximum absolute atomic E-state index is 5.85. The van der Waals surface area contributed by atoms with Gasteiger partial charge in [-0.1, -0.05) is 42.8 Å². The normalized spacial score (nSPS) is 19.0. The first-order chi connectivity index (χ1) is 11.2. The van der Waals surface area contributed by atoms with Gasteiger partial charge in [0.25, 0.3) is 0 Å². The van der Waals surface area contributed by atoms with Gasteiger partial charge >= 0.3 is 0 Å². The third kappa shape index (κ3) is 6.42. The van der Waals surface area contributed by atoms with Crippen LogP contribution in [0.15, 0.2) is 29.4 Å². The number of hydrogen-bond acceptors (Lipinski definition) is 4. The molecule has 0 N–H and O–H groups in total. The topological polar surface area (TPSA) is 34.1 Å². The summed E-state index contributed by atoms with van der Waals surface area (Å²) in [5.74, 6) is 0. The van der Waals surface area contributed by atoms with E-state index in [0.717, 1.165) is 30.8 Å². The van der Waals surface area contributed by atoms with Gasteiger partial charge in [-0.05, 0) is 43.9 Å². The number of nitrogens with zero attached hydrogens (tertiary/aromatic N) is 2. The first-order valence-electron chi connectivity index (χ1n) is 8.75. The zero-order chi connectivity index (χ0) is 16.5. The molecule has 1 fully saturated rings. The maximum Gasteiger partial charge on any atom is 0.106 e. The quantitative estimate of drug-likeness (QED) is 0.397. The molecule has 0 aromatic heterocycles. The Hall–Kier alpha value is -1.10. The number of benzene rings is 1. The van der Waals surface area contributed by atoms with Gasteiger partial charge in [0.15, 0.2) is 0 Å². The van der Waals surface area contributed by atoms with Gasteiger partial charge in [-0.2, -0.15) is 0 Å². The van der Waals surface area contributed by atoms with Gasteiger partial charge in [-0.15, -0.1) is 12.4 Å². The summed E-state index contributed by atoms with van der Waals surface area (Å²) in [6.45, 7) is 8.14. The minimum absolute atomic E-state index is 0. The third-order valence-electron chi connectivity index (χ3n) is 4.56. The molecule has 1 atom stereocenters. The minimum atomic E-state index is 0. The summed E-state index contributed by atoms with van der Waals surface area (Å²) >= 11 is 0. The maximum atomic E-state index is 5.85. The largest absolute Gasteiger partial charge is 0.399 e. The van der Waals surface area contributed by atoms with Gasteiger partial charge in [-0.25, -0.2) is 0 Å². The Kier molecular flexibility index (Phi) is 9.99. The van der Waals surface area contributed by atoms with Crippen molar-refractivity contribution in [2.75, 3.05) is 26.8 Å². The second kappa shape index (κ2) is 11.5. The van der Waals surface area contributed by atoms with Crippen molar-refractivity contribution >= 4 is 18.1 Å². The Bertz CT molecular complexity index is 491. The van der Waals surface area contributed by atoms with Crippen molar-refractivity contribution in [1.29, 1.82) is 0 Å². The highest BCUT2D eigenvalue weighted by molar-refractivity contribution is 6.00. The predicted molar refractivity (Wildman–Crippen MR) is 102 cm³/mol. The molecule has 0 amide bonds. The highest BCUT2D eigenvalue weighted by Gasteiger charge is 2.17. The molecule has 1 aromatic carbocycles.